The molecule has 0 unspecified atom stereocenters. The number of aromatic nitrogens is 3. The summed E-state index contributed by atoms with van der Waals surface area (Å²) in [5, 5.41) is 8.51. The molecule has 15 nitrogen and oxygen atoms in total. The summed E-state index contributed by atoms with van der Waals surface area (Å²) in [6.45, 7) is 21.9. The van der Waals surface area contributed by atoms with E-state index in [2.05, 4.69) is 65.2 Å². The van der Waals surface area contributed by atoms with Gasteiger partial charge in [-0.25, -0.2) is 15.2 Å². The molecule has 3 saturated heterocycles. The molecular formula is C51H70N8O7S. The van der Waals surface area contributed by atoms with Crippen LogP contribution in [0.4, 0.5) is 4.79 Å². The van der Waals surface area contributed by atoms with Gasteiger partial charge in [-0.1, -0.05) is 33.8 Å². The van der Waals surface area contributed by atoms with E-state index in [1.807, 2.05) is 53.0 Å². The van der Waals surface area contributed by atoms with Crippen molar-refractivity contribution in [2.24, 2.45) is 16.7 Å². The Balaban J connectivity index is 1.13. The van der Waals surface area contributed by atoms with Gasteiger partial charge < -0.3 is 29.0 Å². The molecule has 362 valence electrons. The molecule has 1 spiro atoms. The number of benzene rings is 1. The Labute approximate surface area is 399 Å². The number of pyridine rings is 1. The first-order valence-corrected chi connectivity index (χ1v) is 25.0. The molecule has 4 aliphatic heterocycles. The highest BCUT2D eigenvalue weighted by molar-refractivity contribution is 7.10. The Hall–Kier alpha value is -4.90. The number of hydrogen-bond acceptors (Lipinski definition) is 12. The molecule has 5 atom stereocenters. The Kier molecular flexibility index (Phi) is 13.9. The van der Waals surface area contributed by atoms with E-state index in [-0.39, 0.29) is 48.4 Å². The van der Waals surface area contributed by atoms with Crippen molar-refractivity contribution in [3.05, 3.63) is 58.2 Å². The number of nitrogens with one attached hydrogen (secondary N) is 2. The molecular weight excluding hydrogens is 869 g/mol. The maximum Gasteiger partial charge on any atom is 0.410 e. The van der Waals surface area contributed by atoms with E-state index >= 15 is 0 Å². The van der Waals surface area contributed by atoms with Crippen molar-refractivity contribution in [1.82, 2.24) is 40.1 Å². The molecule has 67 heavy (non-hydrogen) atoms. The van der Waals surface area contributed by atoms with Crippen LogP contribution in [0.5, 0.6) is 0 Å². The van der Waals surface area contributed by atoms with Crippen LogP contribution in [0.15, 0.2) is 41.9 Å². The van der Waals surface area contributed by atoms with Gasteiger partial charge in [-0.05, 0) is 109 Å². The number of ether oxygens (including phenoxy) is 3. The molecule has 2 N–H and O–H groups in total. The Morgan fingerprint density at radius 3 is 2.58 bits per heavy atom. The van der Waals surface area contributed by atoms with Gasteiger partial charge in [0.1, 0.15) is 17.7 Å². The number of thiazole rings is 1. The van der Waals surface area contributed by atoms with Crippen molar-refractivity contribution in [2.45, 2.75) is 137 Å². The van der Waals surface area contributed by atoms with Crippen LogP contribution in [0, 0.1) is 16.7 Å². The lowest BCUT2D eigenvalue weighted by Gasteiger charge is -2.36. The largest absolute Gasteiger partial charge is 0.464 e. The fraction of sp³-hybridized carbons (Fsp3) is 0.608. The summed E-state index contributed by atoms with van der Waals surface area (Å²) < 4.78 is 20.0. The van der Waals surface area contributed by atoms with Gasteiger partial charge in [0.05, 0.1) is 40.8 Å². The highest BCUT2D eigenvalue weighted by Crippen LogP contribution is 2.43. The van der Waals surface area contributed by atoms with E-state index in [4.69, 9.17) is 24.2 Å². The first-order chi connectivity index (χ1) is 31.8. The molecule has 16 heteroatoms. The number of rotatable bonds is 8. The van der Waals surface area contributed by atoms with E-state index < -0.39 is 35.1 Å². The maximum absolute atomic E-state index is 14.7. The first kappa shape index (κ1) is 48.6. The summed E-state index contributed by atoms with van der Waals surface area (Å²) in [7, 11) is 1.70. The van der Waals surface area contributed by atoms with E-state index in [1.54, 1.807) is 18.2 Å². The van der Waals surface area contributed by atoms with Crippen molar-refractivity contribution in [3.63, 3.8) is 0 Å². The van der Waals surface area contributed by atoms with Crippen molar-refractivity contribution in [3.8, 4) is 22.5 Å². The number of methoxy groups -OCH3 is 1. The third kappa shape index (κ3) is 10.3. The number of hydrogen-bond donors (Lipinski definition) is 2. The van der Waals surface area contributed by atoms with Gasteiger partial charge in [-0.3, -0.25) is 29.3 Å². The minimum absolute atomic E-state index is 0.0631. The molecule has 3 amide bonds. The highest BCUT2D eigenvalue weighted by atomic mass is 32.1. The van der Waals surface area contributed by atoms with Gasteiger partial charge in [-0.15, -0.1) is 11.3 Å². The topological polar surface area (TPSA) is 160 Å². The molecule has 1 aromatic carbocycles. The summed E-state index contributed by atoms with van der Waals surface area (Å²) in [5.74, 6) is -1.04. The number of carbonyl (C=O) groups is 4. The Morgan fingerprint density at radius 2 is 1.85 bits per heavy atom. The summed E-state index contributed by atoms with van der Waals surface area (Å²) in [4.78, 5) is 70.4. The average Bonchev–Trinajstić information content (AvgIpc) is 4.10. The lowest BCUT2D eigenvalue weighted by Crippen LogP contribution is -2.62. The van der Waals surface area contributed by atoms with Gasteiger partial charge >= 0.3 is 12.1 Å². The standard InChI is InChI=1S/C51H70N8O7S/c1-11-58-40-17-16-33-24-35(40)36(44(58)34-14-12-20-52-42(34)32(4)64-10)26-50(8,9)30-65-47(62)37-15-13-21-59(55-37)46(61)38(25-41-53-39(33)27-67-41)54-45(60)43(31(2)3)56-22-18-51(28-56)19-23-57(29-51)48(63)66-49(5,6)7/h12,14,16-17,20,24,27,31-32,37-38,43,55H,11,13,15,18-19,21-23,25-26,28-30H2,1-10H3,(H,54,60)/t32-,37-,38-,43-,51-/m0/s1. The van der Waals surface area contributed by atoms with E-state index in [0.29, 0.717) is 63.5 Å². The second-order valence-corrected chi connectivity index (χ2v) is 22.3. The number of fused-ring (bicyclic) bond motifs is 6. The molecule has 6 bridgehead atoms. The third-order valence-corrected chi connectivity index (χ3v) is 14.9. The zero-order valence-corrected chi connectivity index (χ0v) is 41.9. The SMILES string of the molecule is CCn1c(-c2cccnc2[C@H](C)OC)c2c3cc(ccc31)-c1csc(n1)C[C@H](NC(=O)[C@H](C(C)C)N1CC[C@]3(CCN(C(=O)OC(C)(C)C)C3)C1)C(=O)N1CCC[C@H](N1)C(=O)OCC(C)(C)C2. The third-order valence-electron chi connectivity index (χ3n) is 14.0. The van der Waals surface area contributed by atoms with Crippen LogP contribution in [-0.2, 0) is 48.0 Å². The molecule has 0 aliphatic carbocycles. The second kappa shape index (κ2) is 19.2. The van der Waals surface area contributed by atoms with Crippen LogP contribution in [0.25, 0.3) is 33.4 Å². The smallest absolute Gasteiger partial charge is 0.410 e. The molecule has 4 aliphatic rings. The first-order valence-electron chi connectivity index (χ1n) is 24.1. The number of esters is 1. The molecule has 3 fully saturated rings. The monoisotopic (exact) mass is 939 g/mol. The van der Waals surface area contributed by atoms with Gasteiger partial charge in [0, 0.05) is 90.7 Å². The van der Waals surface area contributed by atoms with Gasteiger partial charge in [0.2, 0.25) is 5.91 Å². The number of nitrogens with zero attached hydrogens (tertiary/aromatic N) is 6. The quantitative estimate of drug-likeness (QED) is 0.168. The average molecular weight is 939 g/mol. The highest BCUT2D eigenvalue weighted by Gasteiger charge is 2.49. The van der Waals surface area contributed by atoms with Crippen LogP contribution in [0.2, 0.25) is 0 Å². The number of aryl methyl sites for hydroxylation is 1. The Morgan fingerprint density at radius 1 is 1.07 bits per heavy atom. The molecule has 8 rings (SSSR count). The van der Waals surface area contributed by atoms with Gasteiger partial charge in [-0.2, -0.15) is 0 Å². The molecule has 4 aromatic rings. The van der Waals surface area contributed by atoms with Crippen LogP contribution in [0.1, 0.15) is 110 Å². The summed E-state index contributed by atoms with van der Waals surface area (Å²) in [6.07, 6.45) is 4.81. The fourth-order valence-electron chi connectivity index (χ4n) is 10.7. The van der Waals surface area contributed by atoms with Crippen LogP contribution < -0.4 is 10.7 Å². The number of amides is 3. The van der Waals surface area contributed by atoms with Gasteiger partial charge in [0.15, 0.2) is 0 Å². The number of cyclic esters (lactones) is 1. The minimum Gasteiger partial charge on any atom is -0.464 e. The Bertz CT molecular complexity index is 2490. The minimum atomic E-state index is -0.961. The molecule has 7 heterocycles. The summed E-state index contributed by atoms with van der Waals surface area (Å²) in [6, 6.07) is 8.33. The number of hydrazine groups is 1. The maximum atomic E-state index is 14.7. The summed E-state index contributed by atoms with van der Waals surface area (Å²) >= 11 is 1.47. The number of carbonyl (C=O) groups excluding carboxylic acids is 4. The van der Waals surface area contributed by atoms with Crippen molar-refractivity contribution in [1.29, 1.82) is 0 Å². The van der Waals surface area contributed by atoms with Crippen molar-refractivity contribution < 1.29 is 33.4 Å². The van der Waals surface area contributed by atoms with Crippen LogP contribution in [0.3, 0.4) is 0 Å². The van der Waals surface area contributed by atoms with Crippen LogP contribution >= 0.6 is 11.3 Å². The normalized spacial score (nSPS) is 23.7. The zero-order chi connectivity index (χ0) is 48.0. The lowest BCUT2D eigenvalue weighted by atomic mass is 9.84. The molecule has 0 radical (unpaired) electrons. The predicted molar refractivity (Wildman–Crippen MR) is 259 cm³/mol. The van der Waals surface area contributed by atoms with E-state index in [0.717, 1.165) is 57.5 Å². The van der Waals surface area contributed by atoms with E-state index in [9.17, 15) is 19.2 Å². The van der Waals surface area contributed by atoms with Gasteiger partial charge in [0.25, 0.3) is 5.91 Å². The molecule has 0 saturated carbocycles. The predicted octanol–water partition coefficient (Wildman–Crippen LogP) is 7.56. The van der Waals surface area contributed by atoms with Crippen LogP contribution in [-0.4, -0.2) is 123 Å². The van der Waals surface area contributed by atoms with E-state index in [1.165, 1.54) is 16.3 Å². The van der Waals surface area contributed by atoms with Crippen molar-refractivity contribution in [2.75, 3.05) is 46.4 Å². The summed E-state index contributed by atoms with van der Waals surface area (Å²) in [5.41, 5.74) is 8.83. The lowest BCUT2D eigenvalue weighted by molar-refractivity contribution is -0.155. The number of likely N-dealkylation sites (tertiary alicyclic amines) is 2. The molecule has 3 aromatic heterocycles. The van der Waals surface area contributed by atoms with Crippen molar-refractivity contribution >= 4 is 46.1 Å². The second-order valence-electron chi connectivity index (χ2n) is 21.3. The fourth-order valence-corrected chi connectivity index (χ4v) is 11.5. The zero-order valence-electron chi connectivity index (χ0n) is 41.1.